The van der Waals surface area contributed by atoms with Crippen LogP contribution in [0.3, 0.4) is 0 Å². The molecule has 1 aromatic rings. The number of ketones is 1. The third-order valence-corrected chi connectivity index (χ3v) is 9.87. The minimum atomic E-state index is -2.14. The summed E-state index contributed by atoms with van der Waals surface area (Å²) in [5.41, 5.74) is -1.36. The fourth-order valence-corrected chi connectivity index (χ4v) is 7.81. The number of hydrogen-bond acceptors (Lipinski definition) is 6. The number of carbonyl (C=O) groups is 2. The van der Waals surface area contributed by atoms with Gasteiger partial charge in [0.2, 0.25) is 0 Å². The highest BCUT2D eigenvalue weighted by Gasteiger charge is 2.76. The van der Waals surface area contributed by atoms with Crippen molar-refractivity contribution in [3.8, 4) is 0 Å². The number of Topliss-reactive ketones (excluding diaryl/α,β-unsaturated/α-hetero) is 1. The molecule has 4 aliphatic rings. The van der Waals surface area contributed by atoms with E-state index < -0.39 is 41.8 Å². The number of nitrogens with zero attached hydrogens (tertiary/aromatic N) is 1. The molecule has 1 aromatic carbocycles. The Kier molecular flexibility index (Phi) is 5.60. The van der Waals surface area contributed by atoms with Gasteiger partial charge in [-0.25, -0.2) is 4.79 Å². The average molecular weight is 496 g/mol. The summed E-state index contributed by atoms with van der Waals surface area (Å²) in [6.45, 7) is 9.37. The molecule has 2 fully saturated rings. The molecule has 7 nitrogen and oxygen atoms in total. The number of allylic oxidation sites excluding steroid dienone is 1. The van der Waals surface area contributed by atoms with Crippen LogP contribution in [0.1, 0.15) is 39.7 Å². The van der Waals surface area contributed by atoms with E-state index in [4.69, 9.17) is 4.74 Å². The first kappa shape index (κ1) is 25.2. The lowest BCUT2D eigenvalue weighted by atomic mass is 9.59. The number of aryl methyl sites for hydroxylation is 1. The van der Waals surface area contributed by atoms with Crippen molar-refractivity contribution < 1.29 is 29.6 Å². The molecule has 0 radical (unpaired) electrons. The van der Waals surface area contributed by atoms with Gasteiger partial charge in [0, 0.05) is 18.7 Å². The number of fused-ring (bicyclic) bond motifs is 3. The maximum atomic E-state index is 14.4. The Morgan fingerprint density at radius 1 is 1.22 bits per heavy atom. The topological polar surface area (TPSA) is 107 Å². The molecule has 1 amide bonds. The van der Waals surface area contributed by atoms with Crippen molar-refractivity contribution in [3.05, 3.63) is 53.1 Å². The van der Waals surface area contributed by atoms with Gasteiger partial charge in [0.1, 0.15) is 6.10 Å². The van der Waals surface area contributed by atoms with Gasteiger partial charge < -0.3 is 20.1 Å². The van der Waals surface area contributed by atoms with Crippen LogP contribution in [0.15, 0.2) is 47.6 Å². The van der Waals surface area contributed by atoms with Gasteiger partial charge in [-0.15, -0.1) is 0 Å². The molecule has 0 unspecified atom stereocenters. The van der Waals surface area contributed by atoms with Gasteiger partial charge >= 0.3 is 6.09 Å². The van der Waals surface area contributed by atoms with Crippen LogP contribution in [0.25, 0.3) is 0 Å². The number of aliphatic hydroxyl groups excluding tert-OH is 2. The first-order chi connectivity index (χ1) is 16.8. The van der Waals surface area contributed by atoms with E-state index in [1.54, 1.807) is 32.2 Å². The molecule has 1 spiro atoms. The molecule has 3 N–H and O–H groups in total. The second-order valence-corrected chi connectivity index (χ2v) is 12.0. The average Bonchev–Trinajstić information content (AvgIpc) is 3.32. The van der Waals surface area contributed by atoms with Gasteiger partial charge in [-0.3, -0.25) is 9.69 Å². The number of benzene rings is 1. The molecule has 7 heteroatoms. The molecule has 2 saturated carbocycles. The van der Waals surface area contributed by atoms with E-state index in [-0.39, 0.29) is 28.6 Å². The minimum absolute atomic E-state index is 0.0415. The zero-order valence-corrected chi connectivity index (χ0v) is 21.9. The maximum absolute atomic E-state index is 14.4. The summed E-state index contributed by atoms with van der Waals surface area (Å²) in [4.78, 5) is 29.1. The first-order valence-corrected chi connectivity index (χ1v) is 12.8. The van der Waals surface area contributed by atoms with Crippen LogP contribution >= 0.6 is 0 Å². The Labute approximate surface area is 212 Å². The third kappa shape index (κ3) is 3.02. The van der Waals surface area contributed by atoms with Crippen molar-refractivity contribution in [1.82, 2.24) is 0 Å². The molecule has 2 bridgehead atoms. The van der Waals surface area contributed by atoms with E-state index in [9.17, 15) is 24.9 Å². The van der Waals surface area contributed by atoms with Crippen LogP contribution in [0.4, 0.5) is 10.5 Å². The fraction of sp³-hybridized carbons (Fsp3) is 0.586. The number of aliphatic hydroxyl groups is 3. The van der Waals surface area contributed by atoms with E-state index in [0.717, 1.165) is 5.56 Å². The van der Waals surface area contributed by atoms with Crippen LogP contribution in [0, 0.1) is 41.4 Å². The van der Waals surface area contributed by atoms with Gasteiger partial charge in [0.15, 0.2) is 17.5 Å². The molecular weight excluding hydrogens is 458 g/mol. The second-order valence-electron chi connectivity index (χ2n) is 12.0. The van der Waals surface area contributed by atoms with Gasteiger partial charge in [-0.1, -0.05) is 51.1 Å². The molecule has 5 rings (SSSR count). The Morgan fingerprint density at radius 2 is 1.89 bits per heavy atom. The van der Waals surface area contributed by atoms with E-state index in [1.807, 2.05) is 32.0 Å². The van der Waals surface area contributed by atoms with Crippen LogP contribution < -0.4 is 4.90 Å². The van der Waals surface area contributed by atoms with Crippen molar-refractivity contribution in [2.75, 3.05) is 18.6 Å². The van der Waals surface area contributed by atoms with E-state index in [1.165, 1.54) is 4.90 Å². The zero-order valence-electron chi connectivity index (χ0n) is 21.9. The molecular formula is C29H37NO6. The highest BCUT2D eigenvalue weighted by Crippen LogP contribution is 2.71. The summed E-state index contributed by atoms with van der Waals surface area (Å²) in [6.07, 6.45) is 0.602. The van der Waals surface area contributed by atoms with E-state index in [2.05, 4.69) is 13.8 Å². The summed E-state index contributed by atoms with van der Waals surface area (Å²) >= 11 is 0. The number of anilines is 1. The zero-order chi connectivity index (χ0) is 26.4. The molecule has 0 saturated heterocycles. The van der Waals surface area contributed by atoms with Crippen LogP contribution in [-0.2, 0) is 9.53 Å². The summed E-state index contributed by atoms with van der Waals surface area (Å²) in [6, 6.07) is 7.38. The smallest absolute Gasteiger partial charge is 0.414 e. The number of hydrogen-bond donors (Lipinski definition) is 3. The minimum Gasteiger partial charge on any atom is -0.438 e. The number of ether oxygens (including phenoxy) is 1. The summed E-state index contributed by atoms with van der Waals surface area (Å²) < 4.78 is 5.94. The molecule has 0 aromatic heterocycles. The quantitative estimate of drug-likeness (QED) is 0.555. The van der Waals surface area contributed by atoms with Crippen molar-refractivity contribution in [2.45, 2.75) is 58.8 Å². The van der Waals surface area contributed by atoms with Gasteiger partial charge in [0.25, 0.3) is 0 Å². The molecule has 36 heavy (non-hydrogen) atoms. The Bertz CT molecular complexity index is 1190. The van der Waals surface area contributed by atoms with Crippen LogP contribution in [0.2, 0.25) is 0 Å². The van der Waals surface area contributed by atoms with Gasteiger partial charge in [-0.2, -0.15) is 0 Å². The lowest BCUT2D eigenvalue weighted by Gasteiger charge is -2.48. The van der Waals surface area contributed by atoms with Crippen molar-refractivity contribution in [1.29, 1.82) is 0 Å². The predicted octanol–water partition coefficient (Wildman–Crippen LogP) is 3.40. The number of rotatable bonds is 3. The molecule has 4 aliphatic carbocycles. The SMILES string of the molecule is CC1=C[C@]23C(=O)[C@@H](C=C(CO)[C@@H](O)[C@]2(O)[C@H]1OC(=O)N(C)c1ccccc1C)[C@H]1[C@@H](C[C@H]3C)C1(C)C. The van der Waals surface area contributed by atoms with Crippen LogP contribution in [0.5, 0.6) is 0 Å². The number of carbonyl (C=O) groups excluding carboxylic acids is 2. The Morgan fingerprint density at radius 3 is 2.53 bits per heavy atom. The Balaban J connectivity index is 1.59. The molecule has 8 atom stereocenters. The highest BCUT2D eigenvalue weighted by atomic mass is 16.6. The van der Waals surface area contributed by atoms with Gasteiger partial charge in [-0.05, 0) is 66.2 Å². The molecule has 0 heterocycles. The van der Waals surface area contributed by atoms with Crippen molar-refractivity contribution in [2.24, 2.45) is 34.5 Å². The molecule has 194 valence electrons. The summed E-state index contributed by atoms with van der Waals surface area (Å²) in [5, 5.41) is 34.3. The fourth-order valence-electron chi connectivity index (χ4n) is 7.81. The lowest BCUT2D eigenvalue weighted by molar-refractivity contribution is -0.189. The third-order valence-electron chi connectivity index (χ3n) is 9.87. The van der Waals surface area contributed by atoms with E-state index >= 15 is 0 Å². The van der Waals surface area contributed by atoms with E-state index in [0.29, 0.717) is 23.6 Å². The first-order valence-electron chi connectivity index (χ1n) is 12.8. The normalized spacial score (nSPS) is 40.2. The number of amides is 1. The predicted molar refractivity (Wildman–Crippen MR) is 135 cm³/mol. The Hall–Kier alpha value is -2.48. The van der Waals surface area contributed by atoms with Gasteiger partial charge in [0.05, 0.1) is 12.0 Å². The maximum Gasteiger partial charge on any atom is 0.414 e. The summed E-state index contributed by atoms with van der Waals surface area (Å²) in [5.74, 6) is -0.635. The monoisotopic (exact) mass is 495 g/mol. The molecule has 0 aliphatic heterocycles. The number of para-hydroxylation sites is 1. The highest BCUT2D eigenvalue weighted by molar-refractivity contribution is 5.96. The van der Waals surface area contributed by atoms with Crippen LogP contribution in [-0.4, -0.2) is 58.7 Å². The van der Waals surface area contributed by atoms with Crippen molar-refractivity contribution >= 4 is 17.6 Å². The summed E-state index contributed by atoms with van der Waals surface area (Å²) in [7, 11) is 1.59. The lowest BCUT2D eigenvalue weighted by Crippen LogP contribution is -2.66. The largest absolute Gasteiger partial charge is 0.438 e. The second kappa shape index (κ2) is 8.01. The van der Waals surface area contributed by atoms with Crippen molar-refractivity contribution in [3.63, 3.8) is 0 Å². The standard InChI is InChI=1S/C29H37NO6/c1-15-9-7-8-10-21(15)30(6)26(34)36-25-16(2)13-28-17(3)11-20-22(27(20,4)5)19(24(28)33)12-18(14-31)23(32)29(25,28)35/h7-10,12-13,17,19-20,22-23,25,31-32,35H,11,14H2,1-6H3/t17-,19+,20-,22+,23-,25+,28+,29+/m1/s1.